The predicted octanol–water partition coefficient (Wildman–Crippen LogP) is 5.27. The number of benzene rings is 1. The topological polar surface area (TPSA) is 55.2 Å². The number of nitrogens with one attached hydrogen (secondary N) is 1. The average molecular weight is 299 g/mol. The second kappa shape index (κ2) is 7.48. The Balaban J connectivity index is 2.67. The Morgan fingerprint density at radius 1 is 1.35 bits per heavy atom. The third-order valence-corrected chi connectivity index (χ3v) is 3.61. The molecule has 0 aliphatic rings. The van der Waals surface area contributed by atoms with Crippen LogP contribution in [0.5, 0.6) is 0 Å². The third kappa shape index (κ3) is 5.37. The highest BCUT2D eigenvalue weighted by molar-refractivity contribution is 6.30. The number of halogens is 1. The van der Waals surface area contributed by atoms with E-state index in [9.17, 15) is 10.1 Å². The monoisotopic (exact) mass is 298 g/mol. The first kappa shape index (κ1) is 16.8. The van der Waals surface area contributed by atoms with Gasteiger partial charge in [-0.05, 0) is 24.0 Å². The van der Waals surface area contributed by atoms with Crippen LogP contribution in [0.2, 0.25) is 5.02 Å². The summed E-state index contributed by atoms with van der Waals surface area (Å²) >= 11 is 5.80. The van der Waals surface area contributed by atoms with E-state index in [0.29, 0.717) is 17.3 Å². The Kier molecular flexibility index (Phi) is 6.27. The van der Waals surface area contributed by atoms with Gasteiger partial charge in [0.2, 0.25) is 0 Å². The molecule has 5 heteroatoms. The van der Waals surface area contributed by atoms with E-state index in [0.717, 1.165) is 6.42 Å². The molecule has 1 aromatic rings. The molecule has 0 radical (unpaired) electrons. The van der Waals surface area contributed by atoms with Gasteiger partial charge in [0.25, 0.3) is 5.69 Å². The van der Waals surface area contributed by atoms with Crippen molar-refractivity contribution in [3.8, 4) is 0 Å². The highest BCUT2D eigenvalue weighted by Gasteiger charge is 2.20. The minimum Gasteiger partial charge on any atom is -0.379 e. The van der Waals surface area contributed by atoms with Crippen LogP contribution in [0.25, 0.3) is 0 Å². The zero-order valence-electron chi connectivity index (χ0n) is 12.4. The fourth-order valence-electron chi connectivity index (χ4n) is 2.08. The van der Waals surface area contributed by atoms with Crippen LogP contribution in [0.15, 0.2) is 18.2 Å². The molecule has 0 aliphatic carbocycles. The molecule has 1 aromatic carbocycles. The Bertz CT molecular complexity index is 461. The summed E-state index contributed by atoms with van der Waals surface area (Å²) in [7, 11) is 0. The summed E-state index contributed by atoms with van der Waals surface area (Å²) in [4.78, 5) is 10.6. The lowest BCUT2D eigenvalue weighted by molar-refractivity contribution is -0.383. The Morgan fingerprint density at radius 3 is 2.65 bits per heavy atom. The quantitative estimate of drug-likeness (QED) is 0.404. The molecule has 0 bridgehead atoms. The molecule has 4 nitrogen and oxygen atoms in total. The van der Waals surface area contributed by atoms with Crippen molar-refractivity contribution in [3.63, 3.8) is 0 Å². The molecule has 20 heavy (non-hydrogen) atoms. The van der Waals surface area contributed by atoms with Crippen molar-refractivity contribution in [2.24, 2.45) is 5.41 Å². The molecule has 0 saturated heterocycles. The van der Waals surface area contributed by atoms with Gasteiger partial charge in [0.1, 0.15) is 5.69 Å². The minimum absolute atomic E-state index is 0.0295. The maximum absolute atomic E-state index is 11.0. The number of hydrogen-bond donors (Lipinski definition) is 1. The summed E-state index contributed by atoms with van der Waals surface area (Å²) in [6.45, 7) is 7.25. The number of rotatable bonds is 8. The maximum atomic E-state index is 11.0. The minimum atomic E-state index is -0.404. The summed E-state index contributed by atoms with van der Waals surface area (Å²) in [5.74, 6) is 0. The van der Waals surface area contributed by atoms with Crippen LogP contribution in [0.4, 0.5) is 11.4 Å². The van der Waals surface area contributed by atoms with Gasteiger partial charge in [0, 0.05) is 17.6 Å². The zero-order chi connectivity index (χ0) is 15.2. The standard InChI is InChI=1S/C15H23ClN2O2/c1-4-5-6-9-15(2,3)11-17-13-8-7-12(16)10-14(13)18(19)20/h7-8,10,17H,4-6,9,11H2,1-3H3. The maximum Gasteiger partial charge on any atom is 0.293 e. The molecule has 0 aromatic heterocycles. The largest absolute Gasteiger partial charge is 0.379 e. The van der Waals surface area contributed by atoms with Crippen molar-refractivity contribution in [3.05, 3.63) is 33.3 Å². The van der Waals surface area contributed by atoms with Gasteiger partial charge in [-0.3, -0.25) is 10.1 Å². The second-order valence-corrected chi connectivity index (χ2v) is 6.33. The predicted molar refractivity (Wildman–Crippen MR) is 84.5 cm³/mol. The molecular formula is C15H23ClN2O2. The Labute approximate surface area is 125 Å². The van der Waals surface area contributed by atoms with Crippen molar-refractivity contribution in [2.75, 3.05) is 11.9 Å². The smallest absolute Gasteiger partial charge is 0.293 e. The fraction of sp³-hybridized carbons (Fsp3) is 0.600. The zero-order valence-corrected chi connectivity index (χ0v) is 13.2. The van der Waals surface area contributed by atoms with Gasteiger partial charge in [-0.25, -0.2) is 0 Å². The van der Waals surface area contributed by atoms with Crippen LogP contribution < -0.4 is 5.32 Å². The van der Waals surface area contributed by atoms with E-state index in [1.165, 1.54) is 25.3 Å². The van der Waals surface area contributed by atoms with E-state index in [2.05, 4.69) is 26.1 Å². The summed E-state index contributed by atoms with van der Waals surface area (Å²) in [6, 6.07) is 4.72. The highest BCUT2D eigenvalue weighted by atomic mass is 35.5. The number of nitro benzene ring substituents is 1. The van der Waals surface area contributed by atoms with E-state index in [1.807, 2.05) is 0 Å². The summed E-state index contributed by atoms with van der Waals surface area (Å²) < 4.78 is 0. The van der Waals surface area contributed by atoms with Gasteiger partial charge >= 0.3 is 0 Å². The summed E-state index contributed by atoms with van der Waals surface area (Å²) in [5, 5.41) is 14.6. The number of anilines is 1. The first-order chi connectivity index (χ1) is 9.35. The van der Waals surface area contributed by atoms with Crippen LogP contribution in [0.1, 0.15) is 46.5 Å². The van der Waals surface area contributed by atoms with Crippen molar-refractivity contribution in [1.82, 2.24) is 0 Å². The Hall–Kier alpha value is -1.29. The van der Waals surface area contributed by atoms with Gasteiger partial charge in [-0.2, -0.15) is 0 Å². The number of nitro groups is 1. The molecule has 0 amide bonds. The lowest BCUT2D eigenvalue weighted by Gasteiger charge is -2.25. The number of nitrogens with zero attached hydrogens (tertiary/aromatic N) is 1. The van der Waals surface area contributed by atoms with Crippen molar-refractivity contribution >= 4 is 23.0 Å². The van der Waals surface area contributed by atoms with Crippen LogP contribution in [0, 0.1) is 15.5 Å². The summed E-state index contributed by atoms with van der Waals surface area (Å²) in [5.41, 5.74) is 0.674. The van der Waals surface area contributed by atoms with E-state index in [-0.39, 0.29) is 11.1 Å². The van der Waals surface area contributed by atoms with E-state index in [4.69, 9.17) is 11.6 Å². The van der Waals surface area contributed by atoms with Crippen LogP contribution >= 0.6 is 11.6 Å². The van der Waals surface area contributed by atoms with Crippen LogP contribution in [0.3, 0.4) is 0 Å². The van der Waals surface area contributed by atoms with Crippen LogP contribution in [-0.4, -0.2) is 11.5 Å². The van der Waals surface area contributed by atoms with Gasteiger partial charge in [0.05, 0.1) is 4.92 Å². The van der Waals surface area contributed by atoms with E-state index < -0.39 is 4.92 Å². The lowest BCUT2D eigenvalue weighted by Crippen LogP contribution is -2.23. The molecule has 0 fully saturated rings. The highest BCUT2D eigenvalue weighted by Crippen LogP contribution is 2.30. The van der Waals surface area contributed by atoms with Gasteiger partial charge in [-0.1, -0.05) is 51.6 Å². The number of unbranched alkanes of at least 4 members (excludes halogenated alkanes) is 2. The van der Waals surface area contributed by atoms with Crippen molar-refractivity contribution < 1.29 is 4.92 Å². The SMILES string of the molecule is CCCCCC(C)(C)CNc1ccc(Cl)cc1[N+](=O)[O-]. The third-order valence-electron chi connectivity index (χ3n) is 3.37. The fourth-order valence-corrected chi connectivity index (χ4v) is 2.25. The molecule has 0 unspecified atom stereocenters. The number of hydrogen-bond acceptors (Lipinski definition) is 3. The lowest BCUT2D eigenvalue weighted by atomic mass is 9.87. The van der Waals surface area contributed by atoms with Crippen LogP contribution in [-0.2, 0) is 0 Å². The molecular weight excluding hydrogens is 276 g/mol. The molecule has 1 rings (SSSR count). The molecule has 112 valence electrons. The van der Waals surface area contributed by atoms with Gasteiger partial charge < -0.3 is 5.32 Å². The van der Waals surface area contributed by atoms with E-state index >= 15 is 0 Å². The van der Waals surface area contributed by atoms with E-state index in [1.54, 1.807) is 12.1 Å². The van der Waals surface area contributed by atoms with Gasteiger partial charge in [-0.15, -0.1) is 0 Å². The van der Waals surface area contributed by atoms with Gasteiger partial charge in [0.15, 0.2) is 0 Å². The normalized spacial score (nSPS) is 11.4. The molecule has 0 aliphatic heterocycles. The second-order valence-electron chi connectivity index (χ2n) is 5.89. The Morgan fingerprint density at radius 2 is 2.05 bits per heavy atom. The summed E-state index contributed by atoms with van der Waals surface area (Å²) in [6.07, 6.45) is 4.72. The van der Waals surface area contributed by atoms with Crippen molar-refractivity contribution in [1.29, 1.82) is 0 Å². The molecule has 0 heterocycles. The first-order valence-electron chi connectivity index (χ1n) is 7.03. The first-order valence-corrected chi connectivity index (χ1v) is 7.41. The molecule has 0 saturated carbocycles. The van der Waals surface area contributed by atoms with Crippen molar-refractivity contribution in [2.45, 2.75) is 46.5 Å². The molecule has 0 spiro atoms. The average Bonchev–Trinajstić information content (AvgIpc) is 2.37. The molecule has 1 N–H and O–H groups in total. The molecule has 0 atom stereocenters.